The van der Waals surface area contributed by atoms with Crippen LogP contribution in [0.25, 0.3) is 0 Å². The molecule has 0 aliphatic rings. The van der Waals surface area contributed by atoms with E-state index in [1.165, 1.54) is 4.90 Å². The standard InChI is InChI=1S/C15H15BrO2S/c1-17-13-5-3-11(4-6-13)10-18-14-7-12(16)8-15(9-14)19-2/h3-9H,10H2,1-2H3. The SMILES string of the molecule is COc1ccc(COc2cc(Br)cc(SC)c2)cc1. The van der Waals surface area contributed by atoms with Gasteiger partial charge in [-0.3, -0.25) is 0 Å². The lowest BCUT2D eigenvalue weighted by Crippen LogP contribution is -1.95. The van der Waals surface area contributed by atoms with Crippen LogP contribution in [0.2, 0.25) is 0 Å². The maximum Gasteiger partial charge on any atom is 0.122 e. The first-order valence-electron chi connectivity index (χ1n) is 5.81. The van der Waals surface area contributed by atoms with Crippen molar-refractivity contribution in [1.82, 2.24) is 0 Å². The molecule has 0 radical (unpaired) electrons. The number of ether oxygens (including phenoxy) is 2. The van der Waals surface area contributed by atoms with E-state index in [4.69, 9.17) is 9.47 Å². The third kappa shape index (κ3) is 4.18. The van der Waals surface area contributed by atoms with Crippen LogP contribution in [0.15, 0.2) is 51.8 Å². The Kier molecular flexibility index (Phi) is 5.16. The molecule has 100 valence electrons. The van der Waals surface area contributed by atoms with Crippen LogP contribution in [0.5, 0.6) is 11.5 Å². The summed E-state index contributed by atoms with van der Waals surface area (Å²) >= 11 is 5.19. The minimum atomic E-state index is 0.550. The van der Waals surface area contributed by atoms with Crippen molar-refractivity contribution < 1.29 is 9.47 Å². The molecule has 0 fully saturated rings. The van der Waals surface area contributed by atoms with Gasteiger partial charge in [-0.05, 0) is 42.2 Å². The monoisotopic (exact) mass is 338 g/mol. The third-order valence-corrected chi connectivity index (χ3v) is 3.81. The number of hydrogen-bond acceptors (Lipinski definition) is 3. The molecule has 0 saturated heterocycles. The molecule has 2 rings (SSSR count). The number of thioether (sulfide) groups is 1. The molecule has 19 heavy (non-hydrogen) atoms. The van der Waals surface area contributed by atoms with Gasteiger partial charge in [0.2, 0.25) is 0 Å². The molecule has 2 aromatic rings. The summed E-state index contributed by atoms with van der Waals surface area (Å²) in [5, 5.41) is 0. The molecule has 0 spiro atoms. The van der Waals surface area contributed by atoms with E-state index < -0.39 is 0 Å². The first kappa shape index (κ1) is 14.3. The fourth-order valence-corrected chi connectivity index (χ4v) is 2.73. The van der Waals surface area contributed by atoms with E-state index in [1.807, 2.05) is 36.4 Å². The predicted octanol–water partition coefficient (Wildman–Crippen LogP) is 4.76. The van der Waals surface area contributed by atoms with Crippen LogP contribution in [0.3, 0.4) is 0 Å². The lowest BCUT2D eigenvalue weighted by molar-refractivity contribution is 0.305. The summed E-state index contributed by atoms with van der Waals surface area (Å²) in [6.07, 6.45) is 2.05. The lowest BCUT2D eigenvalue weighted by atomic mass is 10.2. The molecule has 0 bridgehead atoms. The van der Waals surface area contributed by atoms with Crippen LogP contribution >= 0.6 is 27.7 Å². The zero-order valence-electron chi connectivity index (χ0n) is 10.9. The number of methoxy groups -OCH3 is 1. The molecule has 4 heteroatoms. The van der Waals surface area contributed by atoms with Gasteiger partial charge in [-0.2, -0.15) is 0 Å². The highest BCUT2D eigenvalue weighted by Crippen LogP contribution is 2.27. The summed E-state index contributed by atoms with van der Waals surface area (Å²) in [4.78, 5) is 1.18. The van der Waals surface area contributed by atoms with Gasteiger partial charge in [-0.1, -0.05) is 28.1 Å². The van der Waals surface area contributed by atoms with Crippen LogP contribution in [0.1, 0.15) is 5.56 Å². The molecular weight excluding hydrogens is 324 g/mol. The van der Waals surface area contributed by atoms with Gasteiger partial charge >= 0.3 is 0 Å². The van der Waals surface area contributed by atoms with Crippen molar-refractivity contribution >= 4 is 27.7 Å². The Bertz CT molecular complexity index is 540. The average molecular weight is 339 g/mol. The molecule has 2 nitrogen and oxygen atoms in total. The molecule has 0 saturated carbocycles. The fourth-order valence-electron chi connectivity index (χ4n) is 1.63. The van der Waals surface area contributed by atoms with Gasteiger partial charge in [0.1, 0.15) is 18.1 Å². The summed E-state index contributed by atoms with van der Waals surface area (Å²) < 4.78 is 12.0. The van der Waals surface area contributed by atoms with Crippen molar-refractivity contribution in [3.05, 3.63) is 52.5 Å². The van der Waals surface area contributed by atoms with E-state index in [0.29, 0.717) is 6.61 Å². The summed E-state index contributed by atoms with van der Waals surface area (Å²) in [7, 11) is 1.66. The zero-order chi connectivity index (χ0) is 13.7. The highest BCUT2D eigenvalue weighted by molar-refractivity contribution is 9.10. The van der Waals surface area contributed by atoms with E-state index in [1.54, 1.807) is 18.9 Å². The van der Waals surface area contributed by atoms with Gasteiger partial charge < -0.3 is 9.47 Å². The van der Waals surface area contributed by atoms with Gasteiger partial charge in [-0.25, -0.2) is 0 Å². The van der Waals surface area contributed by atoms with Crippen molar-refractivity contribution in [3.63, 3.8) is 0 Å². The van der Waals surface area contributed by atoms with Crippen LogP contribution in [-0.4, -0.2) is 13.4 Å². The molecular formula is C15H15BrO2S. The van der Waals surface area contributed by atoms with Crippen LogP contribution in [0.4, 0.5) is 0 Å². The Morgan fingerprint density at radius 2 is 1.79 bits per heavy atom. The second kappa shape index (κ2) is 6.87. The Balaban J connectivity index is 2.03. The minimum absolute atomic E-state index is 0.550. The maximum absolute atomic E-state index is 5.80. The van der Waals surface area contributed by atoms with Crippen LogP contribution in [-0.2, 0) is 6.61 Å². The first-order valence-corrected chi connectivity index (χ1v) is 7.83. The number of benzene rings is 2. The second-order valence-electron chi connectivity index (χ2n) is 3.96. The fraction of sp³-hybridized carbons (Fsp3) is 0.200. The maximum atomic E-state index is 5.80. The molecule has 0 N–H and O–H groups in total. The molecule has 0 aliphatic heterocycles. The van der Waals surface area contributed by atoms with Crippen molar-refractivity contribution in [1.29, 1.82) is 0 Å². The number of hydrogen-bond donors (Lipinski definition) is 0. The van der Waals surface area contributed by atoms with E-state index in [2.05, 4.69) is 28.3 Å². The highest BCUT2D eigenvalue weighted by Gasteiger charge is 2.01. The topological polar surface area (TPSA) is 18.5 Å². The number of halogens is 1. The van der Waals surface area contributed by atoms with Crippen molar-refractivity contribution in [2.24, 2.45) is 0 Å². The van der Waals surface area contributed by atoms with E-state index in [9.17, 15) is 0 Å². The van der Waals surface area contributed by atoms with Crippen molar-refractivity contribution in [2.75, 3.05) is 13.4 Å². The highest BCUT2D eigenvalue weighted by atomic mass is 79.9. The summed E-state index contributed by atoms with van der Waals surface area (Å²) in [5.41, 5.74) is 1.12. The molecule has 2 aromatic carbocycles. The van der Waals surface area contributed by atoms with Gasteiger partial charge in [-0.15, -0.1) is 11.8 Å². The lowest BCUT2D eigenvalue weighted by Gasteiger charge is -2.09. The molecule has 0 aromatic heterocycles. The van der Waals surface area contributed by atoms with Crippen LogP contribution in [0, 0.1) is 0 Å². The smallest absolute Gasteiger partial charge is 0.122 e. The Hall–Kier alpha value is -1.13. The van der Waals surface area contributed by atoms with E-state index in [-0.39, 0.29) is 0 Å². The summed E-state index contributed by atoms with van der Waals surface area (Å²) in [6, 6.07) is 14.0. The molecule has 0 amide bonds. The summed E-state index contributed by atoms with van der Waals surface area (Å²) in [5.74, 6) is 1.73. The van der Waals surface area contributed by atoms with Gasteiger partial charge in [0.15, 0.2) is 0 Å². The molecule has 0 heterocycles. The number of rotatable bonds is 5. The van der Waals surface area contributed by atoms with Crippen molar-refractivity contribution in [2.45, 2.75) is 11.5 Å². The van der Waals surface area contributed by atoms with Gasteiger partial charge in [0.25, 0.3) is 0 Å². The Labute approximate surface area is 126 Å². The van der Waals surface area contributed by atoms with Crippen molar-refractivity contribution in [3.8, 4) is 11.5 Å². The Morgan fingerprint density at radius 1 is 1.05 bits per heavy atom. The second-order valence-corrected chi connectivity index (χ2v) is 5.76. The van der Waals surface area contributed by atoms with Crippen LogP contribution < -0.4 is 9.47 Å². The average Bonchev–Trinajstić information content (AvgIpc) is 2.45. The van der Waals surface area contributed by atoms with E-state index >= 15 is 0 Å². The van der Waals surface area contributed by atoms with E-state index in [0.717, 1.165) is 21.5 Å². The quantitative estimate of drug-likeness (QED) is 0.732. The third-order valence-electron chi connectivity index (χ3n) is 2.65. The summed E-state index contributed by atoms with van der Waals surface area (Å²) in [6.45, 7) is 0.550. The largest absolute Gasteiger partial charge is 0.497 e. The minimum Gasteiger partial charge on any atom is -0.497 e. The molecule has 0 atom stereocenters. The van der Waals surface area contributed by atoms with Gasteiger partial charge in [0, 0.05) is 9.37 Å². The normalized spacial score (nSPS) is 10.3. The van der Waals surface area contributed by atoms with Gasteiger partial charge in [0.05, 0.1) is 7.11 Å². The zero-order valence-corrected chi connectivity index (χ0v) is 13.3. The molecule has 0 aliphatic carbocycles. The predicted molar refractivity (Wildman–Crippen MR) is 83.2 cm³/mol. The first-order chi connectivity index (χ1) is 9.21. The molecule has 0 unspecified atom stereocenters. The Morgan fingerprint density at radius 3 is 2.42 bits per heavy atom.